The third kappa shape index (κ3) is 14.1. The molecule has 0 aromatic carbocycles. The van der Waals surface area contributed by atoms with E-state index >= 15 is 0 Å². The normalized spacial score (nSPS) is 14.6. The van der Waals surface area contributed by atoms with E-state index in [0.717, 1.165) is 12.8 Å². The number of hydrogen-bond acceptors (Lipinski definition) is 0. The number of unbranched alkanes of at least 4 members (excludes halogenated alkanes) is 1. The van der Waals surface area contributed by atoms with Gasteiger partial charge in [-0.3, -0.25) is 12.2 Å². The van der Waals surface area contributed by atoms with Crippen LogP contribution in [0.4, 0.5) is 0 Å². The van der Waals surface area contributed by atoms with Gasteiger partial charge < -0.3 is 0 Å². The molecule has 0 nitrogen and oxygen atoms in total. The van der Waals surface area contributed by atoms with Gasteiger partial charge in [0.25, 0.3) is 0 Å². The Hall–Kier alpha value is 0.0600. The summed E-state index contributed by atoms with van der Waals surface area (Å²) in [5.41, 5.74) is 1.62. The topological polar surface area (TPSA) is 0 Å². The molecule has 0 atom stereocenters. The molecule has 0 bridgehead atoms. The Morgan fingerprint density at radius 3 is 2.33 bits per heavy atom. The van der Waals surface area contributed by atoms with Crippen LogP contribution in [0.5, 0.6) is 0 Å². The van der Waals surface area contributed by atoms with Gasteiger partial charge in [-0.25, -0.2) is 23.8 Å². The minimum Gasteiger partial charge on any atom is -0.273 e. The summed E-state index contributed by atoms with van der Waals surface area (Å²) in [5, 5.41) is 0. The molecule has 2 heteroatoms. The fourth-order valence-electron chi connectivity index (χ4n) is 1.33. The molecule has 2 aliphatic carbocycles. The molecule has 0 aromatic rings. The van der Waals surface area contributed by atoms with Gasteiger partial charge >= 0.3 is 41.9 Å². The molecule has 0 heterocycles. The summed E-state index contributed by atoms with van der Waals surface area (Å²) in [6.07, 6.45) is 22.5. The van der Waals surface area contributed by atoms with Crippen molar-refractivity contribution in [1.82, 2.24) is 0 Å². The average molecular weight is 336 g/mol. The van der Waals surface area contributed by atoms with Crippen LogP contribution in [0.3, 0.4) is 0 Å². The smallest absolute Gasteiger partial charge is 0.109 e. The maximum atomic E-state index is 3.30. The van der Waals surface area contributed by atoms with Gasteiger partial charge in [-0.05, 0) is 0 Å². The quantitative estimate of drug-likeness (QED) is 0.505. The first-order valence-corrected chi connectivity index (χ1v) is 12.8. The predicted molar refractivity (Wildman–Crippen MR) is 79.1 cm³/mol. The van der Waals surface area contributed by atoms with Crippen LogP contribution in [-0.4, -0.2) is 5.43 Å². The van der Waals surface area contributed by atoms with Gasteiger partial charge in [0.2, 0.25) is 0 Å². The Morgan fingerprint density at radius 2 is 2.00 bits per heavy atom. The summed E-state index contributed by atoms with van der Waals surface area (Å²) in [7, 11) is 0. The van der Waals surface area contributed by atoms with Gasteiger partial charge in [0.15, 0.2) is 0 Å². The maximum absolute atomic E-state index is 3.30. The number of hydrogen-bond donors (Lipinski definition) is 0. The van der Waals surface area contributed by atoms with Crippen molar-refractivity contribution >= 4 is 5.43 Å². The van der Waals surface area contributed by atoms with Crippen LogP contribution in [0.2, 0.25) is 13.1 Å². The zero-order valence-electron chi connectivity index (χ0n) is 11.9. The van der Waals surface area contributed by atoms with E-state index in [1.807, 2.05) is 12.2 Å². The van der Waals surface area contributed by atoms with Gasteiger partial charge in [-0.15, -0.1) is 12.8 Å². The SMILES string of the molecule is CCCCC1=[C-]CC=C1.C[Si](C)=[Zr+2].[C-]1=CC=CC1. The van der Waals surface area contributed by atoms with E-state index < -0.39 is 0 Å². The first kappa shape index (κ1) is 18.1. The maximum Gasteiger partial charge on any atom is -0.109 e. The summed E-state index contributed by atoms with van der Waals surface area (Å²) in [4.78, 5) is 0. The third-order valence-corrected chi connectivity index (χ3v) is 2.15. The van der Waals surface area contributed by atoms with Crippen molar-refractivity contribution in [3.63, 3.8) is 0 Å². The minimum atomic E-state index is 0.210. The van der Waals surface area contributed by atoms with E-state index in [1.54, 1.807) is 23.3 Å². The third-order valence-electron chi connectivity index (χ3n) is 2.15. The molecule has 18 heavy (non-hydrogen) atoms. The van der Waals surface area contributed by atoms with Gasteiger partial charge in [-0.2, -0.15) is 12.2 Å². The molecule has 0 N–H and O–H groups in total. The fraction of sp³-hybridized carbons (Fsp3) is 0.500. The van der Waals surface area contributed by atoms with Gasteiger partial charge in [-0.1, -0.05) is 26.2 Å². The second-order valence-corrected chi connectivity index (χ2v) is 13.8. The summed E-state index contributed by atoms with van der Waals surface area (Å²) >= 11 is 1.74. The van der Waals surface area contributed by atoms with Crippen molar-refractivity contribution in [2.45, 2.75) is 52.1 Å². The molecule has 0 radical (unpaired) electrons. The summed E-state index contributed by atoms with van der Waals surface area (Å²) in [5.74, 6) is 0. The van der Waals surface area contributed by atoms with E-state index in [2.05, 4.69) is 50.4 Å². The Balaban J connectivity index is 0.000000272. The van der Waals surface area contributed by atoms with Crippen molar-refractivity contribution in [3.05, 3.63) is 48.1 Å². The molecule has 0 saturated carbocycles. The van der Waals surface area contributed by atoms with Gasteiger partial charge in [0.05, 0.1) is 0 Å². The largest absolute Gasteiger partial charge is 0.273 e. The Bertz CT molecular complexity index is 321. The fourth-order valence-corrected chi connectivity index (χ4v) is 1.33. The zero-order chi connectivity index (χ0) is 13.6. The number of allylic oxidation sites excluding steroid dienone is 8. The van der Waals surface area contributed by atoms with Crippen molar-refractivity contribution in [2.24, 2.45) is 0 Å². The Kier molecular flexibility index (Phi) is 13.5. The molecular weight excluding hydrogens is 311 g/mol. The van der Waals surface area contributed by atoms with Crippen molar-refractivity contribution in [3.8, 4) is 0 Å². The van der Waals surface area contributed by atoms with Crippen LogP contribution in [0, 0.1) is 12.2 Å². The van der Waals surface area contributed by atoms with E-state index in [-0.39, 0.29) is 5.43 Å². The molecule has 0 spiro atoms. The summed E-state index contributed by atoms with van der Waals surface area (Å²) in [6.45, 7) is 6.84. The summed E-state index contributed by atoms with van der Waals surface area (Å²) in [6, 6.07) is 0. The predicted octanol–water partition coefficient (Wildman–Crippen LogP) is 4.96. The molecule has 0 saturated heterocycles. The Morgan fingerprint density at radius 1 is 1.28 bits per heavy atom. The standard InChI is InChI=1S/C9H13.C5H5.C2H6Si.Zr/c1-2-3-6-9-7-4-5-8-9;1-2-4-5-3-1;1-3-2;/h4,7H,2-3,5-6H2,1H3;1-3H,4H2;1-2H3;/q2*-1;;+2. The molecule has 0 amide bonds. The van der Waals surface area contributed by atoms with Crippen molar-refractivity contribution < 1.29 is 23.3 Å². The molecule has 2 aliphatic rings. The average Bonchev–Trinajstić information content (AvgIpc) is 3.01. The second-order valence-electron chi connectivity index (χ2n) is 4.42. The van der Waals surface area contributed by atoms with Crippen LogP contribution < -0.4 is 0 Å². The number of rotatable bonds is 3. The van der Waals surface area contributed by atoms with Crippen molar-refractivity contribution in [2.75, 3.05) is 0 Å². The molecular formula is C16H24SiZr. The Labute approximate surface area is 128 Å². The first-order valence-electron chi connectivity index (χ1n) is 6.66. The van der Waals surface area contributed by atoms with Crippen LogP contribution in [0.1, 0.15) is 39.0 Å². The van der Waals surface area contributed by atoms with Crippen LogP contribution in [0.25, 0.3) is 0 Å². The minimum absolute atomic E-state index is 0.210. The van der Waals surface area contributed by atoms with E-state index in [1.165, 1.54) is 24.8 Å². The van der Waals surface area contributed by atoms with Crippen LogP contribution in [0.15, 0.2) is 36.0 Å². The molecule has 96 valence electrons. The monoisotopic (exact) mass is 334 g/mol. The molecule has 0 aromatic heterocycles. The van der Waals surface area contributed by atoms with E-state index in [4.69, 9.17) is 0 Å². The van der Waals surface area contributed by atoms with E-state index in [9.17, 15) is 0 Å². The molecule has 0 unspecified atom stereocenters. The summed E-state index contributed by atoms with van der Waals surface area (Å²) < 4.78 is 0. The first-order chi connectivity index (χ1) is 8.66. The van der Waals surface area contributed by atoms with Crippen LogP contribution >= 0.6 is 0 Å². The van der Waals surface area contributed by atoms with Gasteiger partial charge in [0.1, 0.15) is 0 Å². The molecule has 0 aliphatic heterocycles. The second kappa shape index (κ2) is 13.5. The van der Waals surface area contributed by atoms with Crippen molar-refractivity contribution in [1.29, 1.82) is 0 Å². The molecule has 0 fully saturated rings. The van der Waals surface area contributed by atoms with E-state index in [0.29, 0.717) is 0 Å². The van der Waals surface area contributed by atoms with Crippen LogP contribution in [-0.2, 0) is 23.3 Å². The zero-order valence-corrected chi connectivity index (χ0v) is 15.4. The molecule has 2 rings (SSSR count). The van der Waals surface area contributed by atoms with Gasteiger partial charge in [0, 0.05) is 0 Å².